The molecule has 28 heavy (non-hydrogen) atoms. The summed E-state index contributed by atoms with van der Waals surface area (Å²) in [7, 11) is 1.47. The predicted octanol–water partition coefficient (Wildman–Crippen LogP) is 1.52. The summed E-state index contributed by atoms with van der Waals surface area (Å²) in [5.41, 5.74) is 10.5. The van der Waals surface area contributed by atoms with E-state index in [-0.39, 0.29) is 46.6 Å². The molecule has 0 fully saturated rings. The van der Waals surface area contributed by atoms with E-state index in [0.29, 0.717) is 0 Å². The van der Waals surface area contributed by atoms with E-state index < -0.39 is 23.3 Å². The number of anilines is 1. The molecule has 0 amide bonds. The number of halogens is 1. The summed E-state index contributed by atoms with van der Waals surface area (Å²) >= 11 is 0.933. The molecule has 0 bridgehead atoms. The van der Waals surface area contributed by atoms with Crippen molar-refractivity contribution in [2.75, 3.05) is 26.1 Å². The Morgan fingerprint density at radius 1 is 1.39 bits per heavy atom. The van der Waals surface area contributed by atoms with Crippen LogP contribution in [0.5, 0.6) is 5.75 Å². The number of hydrogen-bond acceptors (Lipinski definition) is 9. The van der Waals surface area contributed by atoms with Crippen LogP contribution in [-0.2, 0) is 9.53 Å². The molecule has 6 N–H and O–H groups in total. The van der Waals surface area contributed by atoms with Gasteiger partial charge in [0.15, 0.2) is 17.3 Å². The number of rotatable bonds is 9. The number of carbonyl (C=O) groups is 2. The van der Waals surface area contributed by atoms with E-state index in [0.717, 1.165) is 23.5 Å². The SMILES string of the molecule is COCCOc1cc(N)c(C(=N)C(=O)/C=C(\N)c2nc(C(=O)O)cs2)cc1F. The van der Waals surface area contributed by atoms with E-state index in [1.165, 1.54) is 18.6 Å². The van der Waals surface area contributed by atoms with Crippen molar-refractivity contribution >= 4 is 40.2 Å². The first-order chi connectivity index (χ1) is 13.2. The molecule has 1 aromatic heterocycles. The number of carboxylic acids is 1. The maximum Gasteiger partial charge on any atom is 0.355 e. The maximum absolute atomic E-state index is 14.2. The van der Waals surface area contributed by atoms with Crippen molar-refractivity contribution in [1.82, 2.24) is 4.98 Å². The molecule has 0 atom stereocenters. The lowest BCUT2D eigenvalue weighted by molar-refractivity contribution is -0.108. The minimum Gasteiger partial charge on any atom is -0.488 e. The number of nitrogens with two attached hydrogens (primary N) is 2. The second-order valence-corrected chi connectivity index (χ2v) is 6.25. The van der Waals surface area contributed by atoms with Gasteiger partial charge in [-0.05, 0) is 6.07 Å². The van der Waals surface area contributed by atoms with Gasteiger partial charge in [0, 0.05) is 35.9 Å². The molecule has 0 aliphatic rings. The number of benzene rings is 1. The molecule has 1 heterocycles. The standard InChI is InChI=1S/C17H17FN4O5S/c1-26-2-3-27-14-6-10(19)8(4-9(14)18)15(21)13(23)5-11(20)16-22-12(7-28-16)17(24)25/h4-7,21H,2-3,19-20H2,1H3,(H,24,25)/b11-5-,21-15?. The first-order valence-electron chi connectivity index (χ1n) is 7.75. The lowest BCUT2D eigenvalue weighted by Gasteiger charge is -2.11. The van der Waals surface area contributed by atoms with Crippen LogP contribution in [0.15, 0.2) is 23.6 Å². The third-order valence-electron chi connectivity index (χ3n) is 3.42. The molecule has 148 valence electrons. The lowest BCUT2D eigenvalue weighted by atomic mass is 10.0. The number of allylic oxidation sites excluding steroid dienone is 1. The number of hydrogen-bond donors (Lipinski definition) is 4. The molecule has 2 aromatic rings. The molecule has 0 unspecified atom stereocenters. The van der Waals surface area contributed by atoms with Crippen molar-refractivity contribution in [3.05, 3.63) is 45.7 Å². The van der Waals surface area contributed by atoms with Gasteiger partial charge in [0.2, 0.25) is 5.78 Å². The Labute approximate surface area is 162 Å². The second-order valence-electron chi connectivity index (χ2n) is 5.39. The highest BCUT2D eigenvalue weighted by atomic mass is 32.1. The largest absolute Gasteiger partial charge is 0.488 e. The average molecular weight is 408 g/mol. The molecule has 0 saturated heterocycles. The molecule has 0 radical (unpaired) electrons. The van der Waals surface area contributed by atoms with Gasteiger partial charge in [-0.15, -0.1) is 11.3 Å². The van der Waals surface area contributed by atoms with Gasteiger partial charge in [-0.25, -0.2) is 14.2 Å². The van der Waals surface area contributed by atoms with E-state index in [1.807, 2.05) is 0 Å². The number of carboxylic acid groups (broad SMARTS) is 1. The first-order valence-corrected chi connectivity index (χ1v) is 8.63. The highest BCUT2D eigenvalue weighted by Crippen LogP contribution is 2.25. The van der Waals surface area contributed by atoms with Gasteiger partial charge >= 0.3 is 5.97 Å². The zero-order valence-electron chi connectivity index (χ0n) is 14.7. The topological polar surface area (TPSA) is 162 Å². The molecular weight excluding hydrogens is 391 g/mol. The number of aromatic nitrogens is 1. The number of thiazole rings is 1. The van der Waals surface area contributed by atoms with Gasteiger partial charge in [-0.3, -0.25) is 10.2 Å². The summed E-state index contributed by atoms with van der Waals surface area (Å²) in [6.45, 7) is 0.355. The van der Waals surface area contributed by atoms with E-state index in [4.69, 9.17) is 31.5 Å². The van der Waals surface area contributed by atoms with Crippen LogP contribution in [0.4, 0.5) is 10.1 Å². The molecule has 9 nitrogen and oxygen atoms in total. The van der Waals surface area contributed by atoms with Crippen LogP contribution in [-0.4, -0.2) is 47.9 Å². The number of methoxy groups -OCH3 is 1. The number of nitrogen functional groups attached to an aromatic ring is 1. The Morgan fingerprint density at radius 3 is 2.71 bits per heavy atom. The van der Waals surface area contributed by atoms with Crippen LogP contribution in [0.3, 0.4) is 0 Å². The van der Waals surface area contributed by atoms with E-state index in [2.05, 4.69) is 4.98 Å². The fraction of sp³-hybridized carbons (Fsp3) is 0.176. The quantitative estimate of drug-likeness (QED) is 0.210. The highest BCUT2D eigenvalue weighted by molar-refractivity contribution is 7.11. The van der Waals surface area contributed by atoms with Crippen LogP contribution in [0.25, 0.3) is 5.70 Å². The van der Waals surface area contributed by atoms with E-state index >= 15 is 0 Å². The minimum absolute atomic E-state index is 0.0263. The van der Waals surface area contributed by atoms with Crippen LogP contribution in [0.2, 0.25) is 0 Å². The van der Waals surface area contributed by atoms with Gasteiger partial charge in [-0.2, -0.15) is 0 Å². The molecular formula is C17H17FN4O5S. The molecule has 1 aromatic carbocycles. The Hall–Kier alpha value is -3.31. The summed E-state index contributed by atoms with van der Waals surface area (Å²) in [5, 5.41) is 18.2. The highest BCUT2D eigenvalue weighted by Gasteiger charge is 2.18. The number of carbonyl (C=O) groups excluding carboxylic acids is 1. The fourth-order valence-electron chi connectivity index (χ4n) is 2.04. The fourth-order valence-corrected chi connectivity index (χ4v) is 2.77. The Balaban J connectivity index is 2.21. The number of ether oxygens (including phenoxy) is 2. The Kier molecular flexibility index (Phi) is 6.79. The van der Waals surface area contributed by atoms with Crippen molar-refractivity contribution in [2.45, 2.75) is 0 Å². The van der Waals surface area contributed by atoms with Gasteiger partial charge in [-0.1, -0.05) is 0 Å². The molecule has 0 aliphatic heterocycles. The summed E-state index contributed by atoms with van der Waals surface area (Å²) < 4.78 is 24.1. The Morgan fingerprint density at radius 2 is 2.11 bits per heavy atom. The summed E-state index contributed by atoms with van der Waals surface area (Å²) in [4.78, 5) is 26.9. The van der Waals surface area contributed by atoms with Crippen molar-refractivity contribution in [3.8, 4) is 5.75 Å². The molecule has 0 spiro atoms. The smallest absolute Gasteiger partial charge is 0.355 e. The van der Waals surface area contributed by atoms with E-state index in [1.54, 1.807) is 0 Å². The maximum atomic E-state index is 14.2. The lowest BCUT2D eigenvalue weighted by Crippen LogP contribution is -2.16. The zero-order valence-corrected chi connectivity index (χ0v) is 15.5. The normalized spacial score (nSPS) is 11.3. The monoisotopic (exact) mass is 408 g/mol. The summed E-state index contributed by atoms with van der Waals surface area (Å²) in [6, 6.07) is 2.10. The van der Waals surface area contributed by atoms with Gasteiger partial charge in [0.25, 0.3) is 0 Å². The Bertz CT molecular complexity index is 957. The zero-order chi connectivity index (χ0) is 20.8. The molecule has 0 saturated carbocycles. The average Bonchev–Trinajstić information content (AvgIpc) is 3.14. The number of aromatic carboxylic acids is 1. The number of nitrogens with zero attached hydrogens (tertiary/aromatic N) is 1. The van der Waals surface area contributed by atoms with Crippen molar-refractivity contribution in [2.24, 2.45) is 5.73 Å². The van der Waals surface area contributed by atoms with Crippen molar-refractivity contribution in [3.63, 3.8) is 0 Å². The van der Waals surface area contributed by atoms with Crippen LogP contribution in [0.1, 0.15) is 21.1 Å². The minimum atomic E-state index is -1.23. The van der Waals surface area contributed by atoms with Gasteiger partial charge in [0.1, 0.15) is 17.3 Å². The van der Waals surface area contributed by atoms with Crippen LogP contribution in [0, 0.1) is 11.2 Å². The summed E-state index contributed by atoms with van der Waals surface area (Å²) in [6.07, 6.45) is 0.910. The van der Waals surface area contributed by atoms with Gasteiger partial charge in [0.05, 0.1) is 12.3 Å². The third kappa shape index (κ3) is 4.90. The van der Waals surface area contributed by atoms with Crippen LogP contribution >= 0.6 is 11.3 Å². The predicted molar refractivity (Wildman–Crippen MR) is 101 cm³/mol. The number of ketones is 1. The van der Waals surface area contributed by atoms with Crippen molar-refractivity contribution in [1.29, 1.82) is 5.41 Å². The second kappa shape index (κ2) is 9.06. The third-order valence-corrected chi connectivity index (χ3v) is 4.31. The van der Waals surface area contributed by atoms with Crippen molar-refractivity contribution < 1.29 is 28.6 Å². The summed E-state index contributed by atoms with van der Waals surface area (Å²) in [5.74, 6) is -2.99. The van der Waals surface area contributed by atoms with Crippen LogP contribution < -0.4 is 16.2 Å². The molecule has 2 rings (SSSR count). The first kappa shape index (κ1) is 21.0. The van der Waals surface area contributed by atoms with Gasteiger partial charge < -0.3 is 26.0 Å². The molecule has 0 aliphatic carbocycles. The number of nitrogens with one attached hydrogen (secondary N) is 1. The molecule has 11 heteroatoms. The van der Waals surface area contributed by atoms with E-state index in [9.17, 15) is 14.0 Å².